The maximum Gasteiger partial charge on any atom is 0.195 e. The van der Waals surface area contributed by atoms with Crippen LogP contribution in [0.1, 0.15) is 30.5 Å². The van der Waals surface area contributed by atoms with Gasteiger partial charge in [-0.25, -0.2) is 0 Å². The van der Waals surface area contributed by atoms with E-state index < -0.39 is 0 Å². The van der Waals surface area contributed by atoms with Crippen LogP contribution in [-0.2, 0) is 22.4 Å². The molecule has 0 heterocycles. The third kappa shape index (κ3) is 11.3. The molecule has 0 spiro atoms. The zero-order valence-electron chi connectivity index (χ0n) is 16.4. The summed E-state index contributed by atoms with van der Waals surface area (Å²) in [4.78, 5) is 19.6. The van der Waals surface area contributed by atoms with Crippen molar-refractivity contribution in [2.45, 2.75) is 33.6 Å². The lowest BCUT2D eigenvalue weighted by atomic mass is 10.0. The Kier molecular flexibility index (Phi) is 10.8. The van der Waals surface area contributed by atoms with E-state index in [9.17, 15) is 9.59 Å². The molecule has 0 aliphatic carbocycles. The van der Waals surface area contributed by atoms with E-state index in [-0.39, 0.29) is 11.6 Å². The van der Waals surface area contributed by atoms with E-state index in [1.807, 2.05) is 18.2 Å². The zero-order valence-corrected chi connectivity index (χ0v) is 16.4. The Bertz CT molecular complexity index is 727. The zero-order chi connectivity index (χ0) is 19.9. The van der Waals surface area contributed by atoms with Crippen molar-refractivity contribution in [2.24, 2.45) is 0 Å². The number of hydrogen-bond acceptors (Lipinski definition) is 2. The smallest absolute Gasteiger partial charge is 0.195 e. The first-order valence-corrected chi connectivity index (χ1v) is 9.10. The summed E-state index contributed by atoms with van der Waals surface area (Å²) in [5.74, 6) is -0.759. The van der Waals surface area contributed by atoms with Gasteiger partial charge in [-0.1, -0.05) is 96.6 Å². The van der Waals surface area contributed by atoms with Crippen molar-refractivity contribution in [1.82, 2.24) is 0 Å². The van der Waals surface area contributed by atoms with Gasteiger partial charge in [-0.2, -0.15) is 0 Å². The molecule has 2 heteroatoms. The minimum Gasteiger partial charge on any atom is -0.291 e. The molecule has 3 rings (SSSR count). The molecule has 0 saturated carbocycles. The molecular weight excluding hydrogens is 332 g/mol. The van der Waals surface area contributed by atoms with Gasteiger partial charge in [-0.05, 0) is 30.9 Å². The highest BCUT2D eigenvalue weighted by Crippen LogP contribution is 2.06. The van der Waals surface area contributed by atoms with E-state index in [1.165, 1.54) is 30.5 Å². The summed E-state index contributed by atoms with van der Waals surface area (Å²) in [6, 6.07) is 31.5. The Morgan fingerprint density at radius 2 is 0.852 bits per heavy atom. The largest absolute Gasteiger partial charge is 0.291 e. The maximum absolute atomic E-state index is 9.79. The van der Waals surface area contributed by atoms with Gasteiger partial charge >= 0.3 is 0 Å². The topological polar surface area (TPSA) is 34.1 Å². The van der Waals surface area contributed by atoms with Crippen LogP contribution in [0.5, 0.6) is 0 Å². The lowest BCUT2D eigenvalue weighted by Crippen LogP contribution is -2.01. The minimum atomic E-state index is -0.380. The van der Waals surface area contributed by atoms with Crippen molar-refractivity contribution in [3.63, 3.8) is 0 Å². The summed E-state index contributed by atoms with van der Waals surface area (Å²) >= 11 is 0. The average molecular weight is 360 g/mol. The molecule has 140 valence electrons. The number of carbonyl (C=O) groups excluding carboxylic acids is 2. The van der Waals surface area contributed by atoms with Crippen molar-refractivity contribution in [1.29, 1.82) is 0 Å². The highest BCUT2D eigenvalue weighted by atomic mass is 16.2. The van der Waals surface area contributed by atoms with Gasteiger partial charge in [0.15, 0.2) is 11.6 Å². The number of carbonyl (C=O) groups is 2. The third-order valence-corrected chi connectivity index (χ3v) is 3.82. The van der Waals surface area contributed by atoms with Gasteiger partial charge in [0.2, 0.25) is 0 Å². The Morgan fingerprint density at radius 1 is 0.556 bits per heavy atom. The second-order valence-corrected chi connectivity index (χ2v) is 6.24. The SMILES string of the molecule is CC(=O)C(C)=O.Cc1ccccc1.c1ccc(CCc2ccccc2)cc1. The molecule has 27 heavy (non-hydrogen) atoms. The molecule has 0 N–H and O–H groups in total. The van der Waals surface area contributed by atoms with Crippen LogP contribution in [0.4, 0.5) is 0 Å². The van der Waals surface area contributed by atoms with Crippen LogP contribution in [0.3, 0.4) is 0 Å². The van der Waals surface area contributed by atoms with E-state index in [0.29, 0.717) is 0 Å². The molecule has 0 aromatic heterocycles. The molecule has 0 aliphatic rings. The number of rotatable bonds is 4. The van der Waals surface area contributed by atoms with Gasteiger partial charge in [0, 0.05) is 13.8 Å². The molecule has 0 bridgehead atoms. The van der Waals surface area contributed by atoms with Gasteiger partial charge in [0.1, 0.15) is 0 Å². The standard InChI is InChI=1S/C14H14.C7H8.C4H6O2/c1-3-7-13(8-4-1)11-12-14-9-5-2-6-10-14;1-7-5-3-2-4-6-7;1-3(5)4(2)6/h1-10H,11-12H2;2-6H,1H3;1-2H3. The lowest BCUT2D eigenvalue weighted by molar-refractivity contribution is -0.134. The summed E-state index contributed by atoms with van der Waals surface area (Å²) in [6.07, 6.45) is 2.26. The van der Waals surface area contributed by atoms with E-state index in [0.717, 1.165) is 12.8 Å². The average Bonchev–Trinajstić information content (AvgIpc) is 2.69. The molecule has 0 saturated heterocycles. The van der Waals surface area contributed by atoms with Gasteiger partial charge in [0.25, 0.3) is 0 Å². The molecule has 0 radical (unpaired) electrons. The Balaban J connectivity index is 0.000000235. The summed E-state index contributed by atoms with van der Waals surface area (Å²) < 4.78 is 0. The van der Waals surface area contributed by atoms with Crippen LogP contribution in [0.15, 0.2) is 91.0 Å². The molecule has 0 amide bonds. The lowest BCUT2D eigenvalue weighted by Gasteiger charge is -2.01. The molecule has 2 nitrogen and oxygen atoms in total. The fourth-order valence-corrected chi connectivity index (χ4v) is 2.11. The molecule has 0 aliphatic heterocycles. The van der Waals surface area contributed by atoms with Crippen LogP contribution < -0.4 is 0 Å². The Morgan fingerprint density at radius 3 is 1.07 bits per heavy atom. The summed E-state index contributed by atoms with van der Waals surface area (Å²) in [5.41, 5.74) is 4.15. The quantitative estimate of drug-likeness (QED) is 0.565. The molecular formula is C25H28O2. The number of hydrogen-bond donors (Lipinski definition) is 0. The van der Waals surface area contributed by atoms with Crippen LogP contribution in [0.25, 0.3) is 0 Å². The molecule has 3 aromatic rings. The number of ketones is 2. The number of aryl methyl sites for hydroxylation is 3. The second kappa shape index (κ2) is 13.2. The van der Waals surface area contributed by atoms with Gasteiger partial charge in [0.05, 0.1) is 0 Å². The van der Waals surface area contributed by atoms with Crippen LogP contribution in [0.2, 0.25) is 0 Å². The van der Waals surface area contributed by atoms with E-state index in [4.69, 9.17) is 0 Å². The summed E-state index contributed by atoms with van der Waals surface area (Å²) in [7, 11) is 0. The van der Waals surface area contributed by atoms with Crippen molar-refractivity contribution in [2.75, 3.05) is 0 Å². The van der Waals surface area contributed by atoms with Crippen LogP contribution in [0, 0.1) is 6.92 Å². The molecule has 3 aromatic carbocycles. The van der Waals surface area contributed by atoms with Crippen LogP contribution in [-0.4, -0.2) is 11.6 Å². The number of Topliss-reactive ketones (excluding diaryl/α,β-unsaturated/α-hetero) is 2. The van der Waals surface area contributed by atoms with E-state index in [1.54, 1.807) is 0 Å². The fourth-order valence-electron chi connectivity index (χ4n) is 2.11. The van der Waals surface area contributed by atoms with Crippen molar-refractivity contribution < 1.29 is 9.59 Å². The fraction of sp³-hybridized carbons (Fsp3) is 0.200. The minimum absolute atomic E-state index is 0.380. The normalized spacial score (nSPS) is 9.15. The first-order valence-electron chi connectivity index (χ1n) is 9.10. The maximum atomic E-state index is 9.79. The van der Waals surface area contributed by atoms with E-state index in [2.05, 4.69) is 79.7 Å². The third-order valence-electron chi connectivity index (χ3n) is 3.82. The summed E-state index contributed by atoms with van der Waals surface area (Å²) in [6.45, 7) is 4.59. The first-order chi connectivity index (χ1) is 13.0. The summed E-state index contributed by atoms with van der Waals surface area (Å²) in [5, 5.41) is 0. The van der Waals surface area contributed by atoms with Crippen LogP contribution >= 0.6 is 0 Å². The predicted octanol–water partition coefficient (Wildman–Crippen LogP) is 5.63. The van der Waals surface area contributed by atoms with Gasteiger partial charge in [-0.3, -0.25) is 9.59 Å². The van der Waals surface area contributed by atoms with E-state index >= 15 is 0 Å². The van der Waals surface area contributed by atoms with Crippen molar-refractivity contribution in [3.8, 4) is 0 Å². The molecule has 0 unspecified atom stereocenters. The Hall–Kier alpha value is -3.00. The predicted molar refractivity (Wildman–Crippen MR) is 113 cm³/mol. The van der Waals surface area contributed by atoms with Gasteiger partial charge < -0.3 is 0 Å². The van der Waals surface area contributed by atoms with Crippen molar-refractivity contribution in [3.05, 3.63) is 108 Å². The van der Waals surface area contributed by atoms with Gasteiger partial charge in [-0.15, -0.1) is 0 Å². The monoisotopic (exact) mass is 360 g/mol. The highest BCUT2D eigenvalue weighted by molar-refractivity contribution is 6.35. The molecule has 0 atom stereocenters. The Labute approximate surface area is 162 Å². The first kappa shape index (κ1) is 22.0. The molecule has 0 fully saturated rings. The highest BCUT2D eigenvalue weighted by Gasteiger charge is 1.94. The van der Waals surface area contributed by atoms with Crippen molar-refractivity contribution >= 4 is 11.6 Å². The second-order valence-electron chi connectivity index (χ2n) is 6.24. The number of benzene rings is 3.